The van der Waals surface area contributed by atoms with Crippen molar-refractivity contribution in [3.8, 4) is 11.8 Å². The van der Waals surface area contributed by atoms with Crippen molar-refractivity contribution < 1.29 is 9.90 Å². The fourth-order valence-corrected chi connectivity index (χ4v) is 1.73. The summed E-state index contributed by atoms with van der Waals surface area (Å²) < 4.78 is 0. The fourth-order valence-electron chi connectivity index (χ4n) is 1.73. The van der Waals surface area contributed by atoms with Gasteiger partial charge in [0.2, 0.25) is 5.91 Å². The number of nitrogens with one attached hydrogen (secondary N) is 1. The molecule has 0 aliphatic rings. The van der Waals surface area contributed by atoms with Crippen molar-refractivity contribution in [3.05, 3.63) is 59.9 Å². The van der Waals surface area contributed by atoms with Gasteiger partial charge in [0.1, 0.15) is 0 Å². The molecule has 0 saturated carbocycles. The summed E-state index contributed by atoms with van der Waals surface area (Å²) >= 11 is 0. The highest BCUT2D eigenvalue weighted by atomic mass is 16.2. The molecule has 0 saturated heterocycles. The number of pyridine rings is 1. The van der Waals surface area contributed by atoms with Crippen molar-refractivity contribution >= 4 is 11.6 Å². The third kappa shape index (κ3) is 5.09. The minimum Gasteiger partial charge on any atom is -0.395 e. The molecule has 0 atom stereocenters. The second-order valence-electron chi connectivity index (χ2n) is 4.40. The molecule has 1 aromatic carbocycles. The van der Waals surface area contributed by atoms with Gasteiger partial charge in [-0.1, -0.05) is 17.9 Å². The van der Waals surface area contributed by atoms with Crippen molar-refractivity contribution in [3.63, 3.8) is 0 Å². The van der Waals surface area contributed by atoms with Crippen LogP contribution in [0.15, 0.2) is 48.7 Å². The van der Waals surface area contributed by atoms with E-state index < -0.39 is 0 Å². The predicted octanol–water partition coefficient (Wildman–Crippen LogP) is 2.00. The van der Waals surface area contributed by atoms with E-state index in [1.807, 2.05) is 30.3 Å². The van der Waals surface area contributed by atoms with Crippen molar-refractivity contribution in [1.82, 2.24) is 4.98 Å². The molecule has 0 fully saturated rings. The molecule has 0 unspecified atom stereocenters. The fraction of sp³-hybridized carbons (Fsp3) is 0.176. The SMILES string of the molecule is O=C(Cc1ccccn1)Nc1ccc(C#CCCO)cc1. The van der Waals surface area contributed by atoms with Gasteiger partial charge in [-0.15, -0.1) is 0 Å². The van der Waals surface area contributed by atoms with E-state index in [0.717, 1.165) is 16.9 Å². The molecule has 1 aromatic heterocycles. The van der Waals surface area contributed by atoms with Gasteiger partial charge in [-0.2, -0.15) is 0 Å². The molecule has 21 heavy (non-hydrogen) atoms. The van der Waals surface area contributed by atoms with Crippen molar-refractivity contribution in [1.29, 1.82) is 0 Å². The summed E-state index contributed by atoms with van der Waals surface area (Å²) in [5.74, 6) is 5.68. The smallest absolute Gasteiger partial charge is 0.230 e. The van der Waals surface area contributed by atoms with Gasteiger partial charge in [-0.05, 0) is 36.4 Å². The molecule has 4 heteroatoms. The van der Waals surface area contributed by atoms with Crippen LogP contribution in [0.3, 0.4) is 0 Å². The molecule has 106 valence electrons. The van der Waals surface area contributed by atoms with Crippen LogP contribution in [0.1, 0.15) is 17.7 Å². The number of anilines is 1. The molecular weight excluding hydrogens is 264 g/mol. The number of rotatable bonds is 4. The van der Waals surface area contributed by atoms with Gasteiger partial charge in [0.05, 0.1) is 13.0 Å². The molecule has 4 nitrogen and oxygen atoms in total. The molecule has 0 spiro atoms. The van der Waals surface area contributed by atoms with E-state index >= 15 is 0 Å². The first-order valence-electron chi connectivity index (χ1n) is 6.67. The van der Waals surface area contributed by atoms with Crippen LogP contribution in [0.5, 0.6) is 0 Å². The molecule has 0 radical (unpaired) electrons. The molecule has 1 heterocycles. The molecule has 1 amide bonds. The minimum atomic E-state index is -0.104. The maximum atomic E-state index is 11.9. The number of nitrogens with zero attached hydrogens (tertiary/aromatic N) is 1. The van der Waals surface area contributed by atoms with Gasteiger partial charge in [0.25, 0.3) is 0 Å². The van der Waals surface area contributed by atoms with E-state index in [1.165, 1.54) is 0 Å². The minimum absolute atomic E-state index is 0.0641. The van der Waals surface area contributed by atoms with Gasteiger partial charge in [-0.25, -0.2) is 0 Å². The Morgan fingerprint density at radius 2 is 2.00 bits per heavy atom. The Morgan fingerprint density at radius 3 is 2.67 bits per heavy atom. The van der Waals surface area contributed by atoms with Crippen LogP contribution < -0.4 is 5.32 Å². The van der Waals surface area contributed by atoms with Crippen LogP contribution in [0, 0.1) is 11.8 Å². The molecule has 2 N–H and O–H groups in total. The van der Waals surface area contributed by atoms with Gasteiger partial charge < -0.3 is 10.4 Å². The summed E-state index contributed by atoms with van der Waals surface area (Å²) in [5.41, 5.74) is 2.32. The number of aromatic nitrogens is 1. The standard InChI is InChI=1S/C17H16N2O2/c20-12-4-2-5-14-7-9-15(10-8-14)19-17(21)13-16-6-1-3-11-18-16/h1,3,6-11,20H,4,12-13H2,(H,19,21). The van der Waals surface area contributed by atoms with Crippen LogP contribution >= 0.6 is 0 Å². The predicted molar refractivity (Wildman–Crippen MR) is 81.6 cm³/mol. The molecule has 2 aromatic rings. The molecule has 2 rings (SSSR count). The van der Waals surface area contributed by atoms with E-state index in [2.05, 4.69) is 22.1 Å². The van der Waals surface area contributed by atoms with Crippen LogP contribution in [0.4, 0.5) is 5.69 Å². The normalized spacial score (nSPS) is 9.57. The largest absolute Gasteiger partial charge is 0.395 e. The van der Waals surface area contributed by atoms with E-state index in [-0.39, 0.29) is 18.9 Å². The molecule has 0 aliphatic carbocycles. The van der Waals surface area contributed by atoms with Crippen molar-refractivity contribution in [2.75, 3.05) is 11.9 Å². The maximum absolute atomic E-state index is 11.9. The Bertz CT molecular complexity index is 640. The lowest BCUT2D eigenvalue weighted by Crippen LogP contribution is -2.14. The highest BCUT2D eigenvalue weighted by Crippen LogP contribution is 2.09. The Hall–Kier alpha value is -2.64. The van der Waals surface area contributed by atoms with Crippen molar-refractivity contribution in [2.45, 2.75) is 12.8 Å². The van der Waals surface area contributed by atoms with Crippen LogP contribution in [0.25, 0.3) is 0 Å². The number of benzene rings is 1. The Kier molecular flexibility index (Phi) is 5.50. The number of hydrogen-bond donors (Lipinski definition) is 2. The zero-order valence-electron chi connectivity index (χ0n) is 11.5. The Labute approximate surface area is 123 Å². The average molecular weight is 280 g/mol. The Morgan fingerprint density at radius 1 is 1.19 bits per heavy atom. The quantitative estimate of drug-likeness (QED) is 0.842. The summed E-state index contributed by atoms with van der Waals surface area (Å²) in [6.07, 6.45) is 2.38. The first-order chi connectivity index (χ1) is 10.3. The van der Waals surface area contributed by atoms with Gasteiger partial charge in [-0.3, -0.25) is 9.78 Å². The third-order valence-electron chi connectivity index (χ3n) is 2.71. The lowest BCUT2D eigenvalue weighted by atomic mass is 10.2. The number of amides is 1. The maximum Gasteiger partial charge on any atom is 0.230 e. The first-order valence-corrected chi connectivity index (χ1v) is 6.67. The van der Waals surface area contributed by atoms with Crippen LogP contribution in [-0.4, -0.2) is 22.6 Å². The highest BCUT2D eigenvalue weighted by Gasteiger charge is 2.04. The monoisotopic (exact) mass is 280 g/mol. The summed E-state index contributed by atoms with van der Waals surface area (Å²) in [6, 6.07) is 12.8. The summed E-state index contributed by atoms with van der Waals surface area (Å²) in [4.78, 5) is 16.0. The van der Waals surface area contributed by atoms with Crippen LogP contribution in [0.2, 0.25) is 0 Å². The molecule has 0 aliphatic heterocycles. The average Bonchev–Trinajstić information content (AvgIpc) is 2.50. The number of hydrogen-bond acceptors (Lipinski definition) is 3. The van der Waals surface area contributed by atoms with E-state index in [9.17, 15) is 4.79 Å². The number of aliphatic hydroxyl groups excluding tert-OH is 1. The van der Waals surface area contributed by atoms with Crippen LogP contribution in [-0.2, 0) is 11.2 Å². The second kappa shape index (κ2) is 7.83. The lowest BCUT2D eigenvalue weighted by molar-refractivity contribution is -0.115. The first kappa shape index (κ1) is 14.8. The number of carbonyl (C=O) groups is 1. The topological polar surface area (TPSA) is 62.2 Å². The van der Waals surface area contributed by atoms with E-state index in [4.69, 9.17) is 5.11 Å². The zero-order valence-corrected chi connectivity index (χ0v) is 11.5. The highest BCUT2D eigenvalue weighted by molar-refractivity contribution is 5.92. The van der Waals surface area contributed by atoms with Gasteiger partial charge >= 0.3 is 0 Å². The summed E-state index contributed by atoms with van der Waals surface area (Å²) in [7, 11) is 0. The van der Waals surface area contributed by atoms with E-state index in [1.54, 1.807) is 18.3 Å². The molecule has 0 bridgehead atoms. The summed E-state index contributed by atoms with van der Waals surface area (Å²) in [6.45, 7) is 0.0641. The molecular formula is C17H16N2O2. The second-order valence-corrected chi connectivity index (χ2v) is 4.40. The number of aliphatic hydroxyl groups is 1. The van der Waals surface area contributed by atoms with E-state index in [0.29, 0.717) is 6.42 Å². The Balaban J connectivity index is 1.91. The zero-order chi connectivity index (χ0) is 14.9. The number of carbonyl (C=O) groups excluding carboxylic acids is 1. The summed E-state index contributed by atoms with van der Waals surface area (Å²) in [5, 5.41) is 11.5. The lowest BCUT2D eigenvalue weighted by Gasteiger charge is -2.04. The van der Waals surface area contributed by atoms with Gasteiger partial charge in [0.15, 0.2) is 0 Å². The van der Waals surface area contributed by atoms with Gasteiger partial charge in [0, 0.05) is 29.6 Å². The third-order valence-corrected chi connectivity index (χ3v) is 2.71. The van der Waals surface area contributed by atoms with Crippen molar-refractivity contribution in [2.24, 2.45) is 0 Å².